The van der Waals surface area contributed by atoms with Gasteiger partial charge in [0.15, 0.2) is 0 Å². The Labute approximate surface area is 102 Å². The number of amides is 1. The van der Waals surface area contributed by atoms with Gasteiger partial charge in [-0.3, -0.25) is 9.78 Å². The molecule has 0 bridgehead atoms. The molecule has 0 spiro atoms. The predicted octanol–water partition coefficient (Wildman–Crippen LogP) is 1.74. The number of anilines is 1. The summed E-state index contributed by atoms with van der Waals surface area (Å²) in [6.07, 6.45) is 4.12. The van der Waals surface area contributed by atoms with E-state index in [2.05, 4.69) is 15.3 Å². The molecular formula is C12H7FN4O. The van der Waals surface area contributed by atoms with Crippen molar-refractivity contribution in [2.24, 2.45) is 0 Å². The first kappa shape index (κ1) is 11.7. The molecule has 1 N–H and O–H groups in total. The summed E-state index contributed by atoms with van der Waals surface area (Å²) in [4.78, 5) is 19.3. The second kappa shape index (κ2) is 5.01. The lowest BCUT2D eigenvalue weighted by molar-refractivity contribution is 0.102. The highest BCUT2D eigenvalue weighted by molar-refractivity contribution is 6.03. The second-order valence-electron chi connectivity index (χ2n) is 3.35. The van der Waals surface area contributed by atoms with Crippen LogP contribution in [0.2, 0.25) is 0 Å². The average Bonchev–Trinajstić information content (AvgIpc) is 2.41. The van der Waals surface area contributed by atoms with Crippen molar-refractivity contribution < 1.29 is 9.18 Å². The first-order chi connectivity index (χ1) is 8.70. The lowest BCUT2D eigenvalue weighted by Crippen LogP contribution is -2.14. The van der Waals surface area contributed by atoms with Gasteiger partial charge in [0.05, 0.1) is 17.4 Å². The molecule has 0 atom stereocenters. The van der Waals surface area contributed by atoms with Crippen LogP contribution in [0.25, 0.3) is 0 Å². The summed E-state index contributed by atoms with van der Waals surface area (Å²) in [5.41, 5.74) is 0.396. The third kappa shape index (κ3) is 2.47. The second-order valence-corrected chi connectivity index (χ2v) is 3.35. The van der Waals surface area contributed by atoms with Crippen LogP contribution in [0.1, 0.15) is 16.1 Å². The molecule has 0 fully saturated rings. The minimum atomic E-state index is -0.538. The summed E-state index contributed by atoms with van der Waals surface area (Å²) < 4.78 is 12.9. The molecule has 0 unspecified atom stereocenters. The van der Waals surface area contributed by atoms with E-state index in [9.17, 15) is 9.18 Å². The Morgan fingerprint density at radius 1 is 1.39 bits per heavy atom. The van der Waals surface area contributed by atoms with Gasteiger partial charge in [-0.2, -0.15) is 5.26 Å². The third-order valence-electron chi connectivity index (χ3n) is 2.15. The highest BCUT2D eigenvalue weighted by Crippen LogP contribution is 2.16. The number of nitriles is 1. The van der Waals surface area contributed by atoms with Crippen molar-refractivity contribution in [3.8, 4) is 6.07 Å². The number of nitrogens with zero attached hydrogens (tertiary/aromatic N) is 3. The Bertz CT molecular complexity index is 622. The van der Waals surface area contributed by atoms with Crippen molar-refractivity contribution in [3.63, 3.8) is 0 Å². The van der Waals surface area contributed by atoms with Gasteiger partial charge in [-0.15, -0.1) is 0 Å². The molecule has 1 aromatic heterocycles. The van der Waals surface area contributed by atoms with Gasteiger partial charge in [0.25, 0.3) is 5.91 Å². The quantitative estimate of drug-likeness (QED) is 0.869. The van der Waals surface area contributed by atoms with E-state index in [1.807, 2.05) is 0 Å². The molecule has 2 aromatic rings. The molecule has 1 aromatic carbocycles. The number of benzene rings is 1. The lowest BCUT2D eigenvalue weighted by Gasteiger charge is -2.05. The summed E-state index contributed by atoms with van der Waals surface area (Å²) in [7, 11) is 0. The smallest absolute Gasteiger partial charge is 0.275 e. The van der Waals surface area contributed by atoms with Crippen molar-refractivity contribution in [2.75, 3.05) is 5.32 Å². The molecule has 0 aliphatic heterocycles. The van der Waals surface area contributed by atoms with Crippen LogP contribution in [0.15, 0.2) is 36.8 Å². The van der Waals surface area contributed by atoms with E-state index in [-0.39, 0.29) is 16.9 Å². The van der Waals surface area contributed by atoms with Crippen LogP contribution in [0, 0.1) is 17.1 Å². The van der Waals surface area contributed by atoms with E-state index in [0.717, 1.165) is 12.1 Å². The Balaban J connectivity index is 2.25. The van der Waals surface area contributed by atoms with Crippen LogP contribution >= 0.6 is 0 Å². The average molecular weight is 242 g/mol. The molecule has 5 nitrogen and oxygen atoms in total. The van der Waals surface area contributed by atoms with E-state index in [1.165, 1.54) is 24.7 Å². The fraction of sp³-hybridized carbons (Fsp3) is 0. The van der Waals surface area contributed by atoms with E-state index >= 15 is 0 Å². The first-order valence-corrected chi connectivity index (χ1v) is 4.97. The number of hydrogen-bond acceptors (Lipinski definition) is 4. The van der Waals surface area contributed by atoms with Crippen molar-refractivity contribution in [1.82, 2.24) is 9.97 Å². The highest BCUT2D eigenvalue weighted by atomic mass is 19.1. The van der Waals surface area contributed by atoms with Crippen LogP contribution in [-0.4, -0.2) is 15.9 Å². The molecule has 0 radical (unpaired) electrons. The normalized spacial score (nSPS) is 9.56. The molecule has 0 aliphatic carbocycles. The van der Waals surface area contributed by atoms with E-state index in [4.69, 9.17) is 5.26 Å². The molecular weight excluding hydrogens is 235 g/mol. The van der Waals surface area contributed by atoms with E-state index in [0.29, 0.717) is 0 Å². The summed E-state index contributed by atoms with van der Waals surface area (Å²) in [6, 6.07) is 5.33. The lowest BCUT2D eigenvalue weighted by atomic mass is 10.2. The predicted molar refractivity (Wildman–Crippen MR) is 61.1 cm³/mol. The molecule has 1 heterocycles. The zero-order valence-electron chi connectivity index (χ0n) is 9.09. The number of halogens is 1. The van der Waals surface area contributed by atoms with Crippen LogP contribution in [-0.2, 0) is 0 Å². The third-order valence-corrected chi connectivity index (χ3v) is 2.15. The monoisotopic (exact) mass is 242 g/mol. The van der Waals surface area contributed by atoms with Crippen molar-refractivity contribution in [2.45, 2.75) is 0 Å². The van der Waals surface area contributed by atoms with Gasteiger partial charge in [0, 0.05) is 12.4 Å². The molecule has 0 aliphatic rings. The van der Waals surface area contributed by atoms with Crippen molar-refractivity contribution in [1.29, 1.82) is 5.26 Å². The molecule has 0 saturated carbocycles. The molecule has 6 heteroatoms. The molecule has 88 valence electrons. The number of nitrogens with one attached hydrogen (secondary N) is 1. The molecule has 0 saturated heterocycles. The fourth-order valence-electron chi connectivity index (χ4n) is 1.32. The summed E-state index contributed by atoms with van der Waals surface area (Å²) in [5.74, 6) is -1.05. The number of aromatic nitrogens is 2. The summed E-state index contributed by atoms with van der Waals surface area (Å²) in [5, 5.41) is 11.3. The Kier molecular flexibility index (Phi) is 3.25. The van der Waals surface area contributed by atoms with E-state index < -0.39 is 11.7 Å². The van der Waals surface area contributed by atoms with Gasteiger partial charge in [-0.05, 0) is 18.2 Å². The van der Waals surface area contributed by atoms with Gasteiger partial charge in [0.2, 0.25) is 0 Å². The van der Waals surface area contributed by atoms with E-state index in [1.54, 1.807) is 6.07 Å². The Hall–Kier alpha value is -2.81. The van der Waals surface area contributed by atoms with Crippen LogP contribution in [0.3, 0.4) is 0 Å². The van der Waals surface area contributed by atoms with Gasteiger partial charge >= 0.3 is 0 Å². The largest absolute Gasteiger partial charge is 0.319 e. The fourth-order valence-corrected chi connectivity index (χ4v) is 1.32. The maximum atomic E-state index is 12.9. The van der Waals surface area contributed by atoms with Crippen LogP contribution < -0.4 is 5.32 Å². The van der Waals surface area contributed by atoms with Gasteiger partial charge < -0.3 is 5.32 Å². The molecule has 1 amide bonds. The minimum Gasteiger partial charge on any atom is -0.319 e. The molecule has 2 rings (SSSR count). The Morgan fingerprint density at radius 3 is 2.89 bits per heavy atom. The maximum Gasteiger partial charge on any atom is 0.275 e. The summed E-state index contributed by atoms with van der Waals surface area (Å²) in [6.45, 7) is 0. The number of carbonyl (C=O) groups is 1. The van der Waals surface area contributed by atoms with Crippen molar-refractivity contribution >= 4 is 11.6 Å². The topological polar surface area (TPSA) is 78.7 Å². The number of carbonyl (C=O) groups excluding carboxylic acids is 1. The molecule has 18 heavy (non-hydrogen) atoms. The summed E-state index contributed by atoms with van der Waals surface area (Å²) >= 11 is 0. The highest BCUT2D eigenvalue weighted by Gasteiger charge is 2.10. The SMILES string of the molecule is N#Cc1cc(F)ccc1NC(=O)c1cnccn1. The zero-order valence-corrected chi connectivity index (χ0v) is 9.09. The van der Waals surface area contributed by atoms with Crippen molar-refractivity contribution in [3.05, 3.63) is 53.9 Å². The minimum absolute atomic E-state index is 0.0484. The first-order valence-electron chi connectivity index (χ1n) is 4.97. The number of hydrogen-bond donors (Lipinski definition) is 1. The number of rotatable bonds is 2. The van der Waals surface area contributed by atoms with Gasteiger partial charge in [-0.25, -0.2) is 9.37 Å². The van der Waals surface area contributed by atoms with Crippen LogP contribution in [0.4, 0.5) is 10.1 Å². The Morgan fingerprint density at radius 2 is 2.22 bits per heavy atom. The zero-order chi connectivity index (χ0) is 13.0. The standard InChI is InChI=1S/C12H7FN4O/c13-9-1-2-10(8(5-9)6-14)17-12(18)11-7-15-3-4-16-11/h1-5,7H,(H,17,18). The van der Waals surface area contributed by atoms with Gasteiger partial charge in [0.1, 0.15) is 17.6 Å². The maximum absolute atomic E-state index is 12.9. The van der Waals surface area contributed by atoms with Gasteiger partial charge in [-0.1, -0.05) is 0 Å². The van der Waals surface area contributed by atoms with Crippen LogP contribution in [0.5, 0.6) is 0 Å².